The summed E-state index contributed by atoms with van der Waals surface area (Å²) in [6, 6.07) is 0. The molecule has 0 atom stereocenters. The van der Waals surface area contributed by atoms with E-state index in [1.165, 1.54) is 193 Å². The van der Waals surface area contributed by atoms with Gasteiger partial charge in [-0.05, 0) is 12.8 Å². The van der Waals surface area contributed by atoms with E-state index in [-0.39, 0.29) is 13.2 Å². The van der Waals surface area contributed by atoms with Gasteiger partial charge in [-0.15, -0.1) is 0 Å². The van der Waals surface area contributed by atoms with Crippen molar-refractivity contribution >= 4 is 0 Å². The number of hydrogen-bond donors (Lipinski definition) is 3. The largest absolute Gasteiger partial charge is 0.394 e. The second kappa shape index (κ2) is 44.9. The maximum Gasteiger partial charge on any atom is 0.100 e. The van der Waals surface area contributed by atoms with E-state index in [0.29, 0.717) is 0 Å². The molecule has 5 heteroatoms. The summed E-state index contributed by atoms with van der Waals surface area (Å²) in [6.45, 7) is 5.42. The van der Waals surface area contributed by atoms with Crippen LogP contribution in [0.5, 0.6) is 0 Å². The number of unbranched alkanes of at least 4 members (excludes halogenated alkanes) is 30. The fraction of sp³-hybridized carbons (Fsp3) is 1.00. The molecule has 5 nitrogen and oxygen atoms in total. The minimum Gasteiger partial charge on any atom is -0.394 e. The first-order valence-electron chi connectivity index (χ1n) is 19.9. The van der Waals surface area contributed by atoms with Gasteiger partial charge in [-0.3, -0.25) is 0 Å². The first kappa shape index (κ1) is 45.9. The summed E-state index contributed by atoms with van der Waals surface area (Å²) in [5.74, 6) is 0. The highest BCUT2D eigenvalue weighted by atomic mass is 17.2. The molecule has 0 saturated carbocycles. The molecule has 0 aliphatic heterocycles. The van der Waals surface area contributed by atoms with Gasteiger partial charge in [0, 0.05) is 0 Å². The smallest absolute Gasteiger partial charge is 0.100 e. The fourth-order valence-corrected chi connectivity index (χ4v) is 5.59. The van der Waals surface area contributed by atoms with Crippen LogP contribution in [0.25, 0.3) is 0 Å². The van der Waals surface area contributed by atoms with Gasteiger partial charge in [0.15, 0.2) is 0 Å². The number of rotatable bonds is 37. The Bertz CT molecular complexity index is 422. The maximum atomic E-state index is 8.17. The molecule has 0 bridgehead atoms. The van der Waals surface area contributed by atoms with Crippen molar-refractivity contribution in [2.24, 2.45) is 0 Å². The molecule has 0 saturated heterocycles. The lowest BCUT2D eigenvalue weighted by Crippen LogP contribution is -2.15. The Hall–Kier alpha value is -0.200. The molecule has 0 aliphatic carbocycles. The van der Waals surface area contributed by atoms with E-state index in [4.69, 9.17) is 25.1 Å². The van der Waals surface area contributed by atoms with E-state index in [1.807, 2.05) is 0 Å². The van der Waals surface area contributed by atoms with E-state index in [9.17, 15) is 0 Å². The van der Waals surface area contributed by atoms with Crippen LogP contribution >= 0.6 is 0 Å². The van der Waals surface area contributed by atoms with Gasteiger partial charge >= 0.3 is 0 Å². The molecule has 0 radical (unpaired) electrons. The van der Waals surface area contributed by atoms with Gasteiger partial charge < -0.3 is 15.3 Å². The highest BCUT2D eigenvalue weighted by molar-refractivity contribution is 4.51. The van der Waals surface area contributed by atoms with E-state index >= 15 is 0 Å². The van der Waals surface area contributed by atoms with Crippen LogP contribution < -0.4 is 0 Å². The van der Waals surface area contributed by atoms with Gasteiger partial charge in [0.05, 0.1) is 26.4 Å². The van der Waals surface area contributed by atoms with Gasteiger partial charge in [0.25, 0.3) is 0 Å². The average Bonchev–Trinajstić information content (AvgIpc) is 3.04. The molecule has 0 spiro atoms. The molecule has 44 heavy (non-hydrogen) atoms. The van der Waals surface area contributed by atoms with Crippen LogP contribution in [0.2, 0.25) is 0 Å². The predicted molar refractivity (Wildman–Crippen MR) is 191 cm³/mol. The predicted octanol–water partition coefficient (Wildman–Crippen LogP) is 11.8. The van der Waals surface area contributed by atoms with Crippen LogP contribution in [0.15, 0.2) is 0 Å². The first-order chi connectivity index (χ1) is 21.7. The molecule has 0 unspecified atom stereocenters. The standard InChI is InChI=1S/C36H74O2.C3H8O3/c1-3-5-7-9-11-13-15-17-19-21-23-25-27-29-31-33-35-37-38-36-34-32-30-28-26-24-22-20-18-16-14-12-10-8-6-4-2;4-1-3(6)2-5/h3-36H2,1-2H3;3-6H,1-2H2. The van der Waals surface area contributed by atoms with Crippen LogP contribution in [-0.2, 0) is 9.78 Å². The first-order valence-corrected chi connectivity index (χ1v) is 19.9. The summed E-state index contributed by atoms with van der Waals surface area (Å²) in [5.41, 5.74) is 0. The van der Waals surface area contributed by atoms with Crippen molar-refractivity contribution in [2.45, 2.75) is 225 Å². The Morgan fingerprint density at radius 3 is 0.659 bits per heavy atom. The third-order valence-electron chi connectivity index (χ3n) is 8.67. The summed E-state index contributed by atoms with van der Waals surface area (Å²) in [7, 11) is 0. The highest BCUT2D eigenvalue weighted by Gasteiger charge is 1.98. The zero-order chi connectivity index (χ0) is 32.4. The molecular weight excluding hydrogens is 548 g/mol. The van der Waals surface area contributed by atoms with Crippen molar-refractivity contribution in [3.05, 3.63) is 0 Å². The topological polar surface area (TPSA) is 79.2 Å². The van der Waals surface area contributed by atoms with Crippen LogP contribution in [0.1, 0.15) is 219 Å². The van der Waals surface area contributed by atoms with Gasteiger partial charge in [-0.1, -0.05) is 206 Å². The zero-order valence-electron chi connectivity index (χ0n) is 30.2. The van der Waals surface area contributed by atoms with Crippen molar-refractivity contribution in [3.63, 3.8) is 0 Å². The van der Waals surface area contributed by atoms with Crippen molar-refractivity contribution in [1.29, 1.82) is 0 Å². The molecule has 0 rings (SSSR count). The number of aliphatic hydroxyl groups excluding tert-OH is 3. The summed E-state index contributed by atoms with van der Waals surface area (Å²) in [6.07, 6.45) is 44.1. The highest BCUT2D eigenvalue weighted by Crippen LogP contribution is 2.15. The van der Waals surface area contributed by atoms with Gasteiger partial charge in [0.1, 0.15) is 6.10 Å². The normalized spacial score (nSPS) is 11.3. The summed E-state index contributed by atoms with van der Waals surface area (Å²) in [5, 5.41) is 24.0. The van der Waals surface area contributed by atoms with E-state index in [1.54, 1.807) is 0 Å². The number of aliphatic hydroxyl groups is 3. The molecule has 0 amide bonds. The molecular formula is C39H82O5. The molecule has 0 aromatic carbocycles. The van der Waals surface area contributed by atoms with Crippen LogP contribution in [0.3, 0.4) is 0 Å². The Labute approximate surface area is 276 Å². The molecule has 0 fully saturated rings. The van der Waals surface area contributed by atoms with Gasteiger partial charge in [0.2, 0.25) is 0 Å². The Morgan fingerprint density at radius 2 is 0.500 bits per heavy atom. The fourth-order valence-electron chi connectivity index (χ4n) is 5.59. The molecule has 268 valence electrons. The molecule has 0 aromatic rings. The van der Waals surface area contributed by atoms with Crippen molar-refractivity contribution < 1.29 is 25.1 Å². The SMILES string of the molecule is CCCCCCCCCCCCCCCCCCOOCCCCCCCCCCCCCCCCCC.OCC(O)CO. The van der Waals surface area contributed by atoms with E-state index in [2.05, 4.69) is 13.8 Å². The average molecular weight is 631 g/mol. The minimum absolute atomic E-state index is 0.365. The van der Waals surface area contributed by atoms with Crippen LogP contribution in [0.4, 0.5) is 0 Å². The molecule has 0 aromatic heterocycles. The van der Waals surface area contributed by atoms with Gasteiger partial charge in [-0.2, -0.15) is 0 Å². The second-order valence-corrected chi connectivity index (χ2v) is 13.3. The lowest BCUT2D eigenvalue weighted by molar-refractivity contribution is -0.295. The van der Waals surface area contributed by atoms with E-state index in [0.717, 1.165) is 26.1 Å². The lowest BCUT2D eigenvalue weighted by Gasteiger charge is -2.05. The van der Waals surface area contributed by atoms with Crippen molar-refractivity contribution in [1.82, 2.24) is 0 Å². The maximum absolute atomic E-state index is 8.17. The lowest BCUT2D eigenvalue weighted by atomic mass is 10.0. The Balaban J connectivity index is 0. The zero-order valence-corrected chi connectivity index (χ0v) is 30.2. The quantitative estimate of drug-likeness (QED) is 0.0361. The third kappa shape index (κ3) is 46.2. The second-order valence-electron chi connectivity index (χ2n) is 13.3. The third-order valence-corrected chi connectivity index (χ3v) is 8.67. The summed E-state index contributed by atoms with van der Waals surface area (Å²) >= 11 is 0. The Morgan fingerprint density at radius 1 is 0.318 bits per heavy atom. The monoisotopic (exact) mass is 631 g/mol. The Kier molecular flexibility index (Phi) is 46.9. The minimum atomic E-state index is -0.954. The van der Waals surface area contributed by atoms with Crippen LogP contribution in [-0.4, -0.2) is 47.9 Å². The van der Waals surface area contributed by atoms with Crippen molar-refractivity contribution in [3.8, 4) is 0 Å². The van der Waals surface area contributed by atoms with Crippen molar-refractivity contribution in [2.75, 3.05) is 26.4 Å². The summed E-state index contributed by atoms with van der Waals surface area (Å²) in [4.78, 5) is 10.8. The molecule has 3 N–H and O–H groups in total. The molecule has 0 aliphatic rings. The molecule has 0 heterocycles. The van der Waals surface area contributed by atoms with Crippen LogP contribution in [0, 0.1) is 0 Å². The van der Waals surface area contributed by atoms with Gasteiger partial charge in [-0.25, -0.2) is 9.78 Å². The number of hydrogen-bond acceptors (Lipinski definition) is 5. The summed E-state index contributed by atoms with van der Waals surface area (Å²) < 4.78 is 0. The van der Waals surface area contributed by atoms with E-state index < -0.39 is 6.10 Å².